The van der Waals surface area contributed by atoms with Gasteiger partial charge in [0, 0.05) is 0 Å². The van der Waals surface area contributed by atoms with Gasteiger partial charge in [-0.05, 0) is 25.1 Å². The fourth-order valence-electron chi connectivity index (χ4n) is 0.993. The van der Waals surface area contributed by atoms with Gasteiger partial charge in [-0.1, -0.05) is 20.8 Å². The van der Waals surface area contributed by atoms with Gasteiger partial charge in [0.15, 0.2) is 8.32 Å². The van der Waals surface area contributed by atoms with Gasteiger partial charge in [-0.15, -0.1) is 0 Å². The van der Waals surface area contributed by atoms with E-state index < -0.39 is 14.3 Å². The number of carbonyl (C=O) groups is 1. The van der Waals surface area contributed by atoms with E-state index in [1.807, 2.05) is 6.92 Å². The van der Waals surface area contributed by atoms with Gasteiger partial charge < -0.3 is 9.31 Å². The summed E-state index contributed by atoms with van der Waals surface area (Å²) in [6.07, 6.45) is -0.131. The molecule has 1 unspecified atom stereocenters. The average Bonchev–Trinajstić information content (AvgIpc) is 2.00. The van der Waals surface area contributed by atoms with Crippen molar-refractivity contribution in [3.05, 3.63) is 0 Å². The standard InChI is InChI=1S/C10H22O4Si/c1-8(7-9(11)13-12)14-15(5,6)10(2,3)4/h8,12H,7H2,1-6H3. The fraction of sp³-hybridized carbons (Fsp3) is 0.900. The van der Waals surface area contributed by atoms with Crippen LogP contribution in [0.1, 0.15) is 34.1 Å². The van der Waals surface area contributed by atoms with Crippen LogP contribution in [-0.4, -0.2) is 25.6 Å². The fourth-order valence-corrected chi connectivity index (χ4v) is 2.44. The molecule has 5 heteroatoms. The van der Waals surface area contributed by atoms with Crippen LogP contribution in [0.2, 0.25) is 18.1 Å². The van der Waals surface area contributed by atoms with Crippen LogP contribution in [0.25, 0.3) is 0 Å². The molecule has 15 heavy (non-hydrogen) atoms. The molecule has 0 aliphatic heterocycles. The topological polar surface area (TPSA) is 55.8 Å². The first-order valence-corrected chi connectivity index (χ1v) is 8.03. The number of rotatable bonds is 4. The van der Waals surface area contributed by atoms with Crippen LogP contribution in [0.3, 0.4) is 0 Å². The molecule has 0 amide bonds. The Hall–Kier alpha value is -0.393. The normalized spacial score (nSPS) is 14.9. The number of hydrogen-bond acceptors (Lipinski definition) is 4. The predicted molar refractivity (Wildman–Crippen MR) is 61.1 cm³/mol. The molecule has 0 aromatic carbocycles. The summed E-state index contributed by atoms with van der Waals surface area (Å²) in [6, 6.07) is 0. The van der Waals surface area contributed by atoms with Crippen LogP contribution in [0, 0.1) is 0 Å². The zero-order valence-corrected chi connectivity index (χ0v) is 11.5. The monoisotopic (exact) mass is 234 g/mol. The van der Waals surface area contributed by atoms with Crippen molar-refractivity contribution in [1.82, 2.24) is 0 Å². The zero-order valence-electron chi connectivity index (χ0n) is 10.5. The van der Waals surface area contributed by atoms with Crippen molar-refractivity contribution in [3.63, 3.8) is 0 Å². The van der Waals surface area contributed by atoms with E-state index in [2.05, 4.69) is 38.8 Å². The minimum absolute atomic E-state index is 0.0863. The maximum absolute atomic E-state index is 10.8. The molecule has 0 bridgehead atoms. The van der Waals surface area contributed by atoms with Crippen molar-refractivity contribution < 1.29 is 19.4 Å². The van der Waals surface area contributed by atoms with E-state index >= 15 is 0 Å². The van der Waals surface area contributed by atoms with Gasteiger partial charge >= 0.3 is 5.97 Å². The van der Waals surface area contributed by atoms with Crippen molar-refractivity contribution in [2.24, 2.45) is 0 Å². The molecule has 0 heterocycles. The molecule has 0 aromatic rings. The highest BCUT2D eigenvalue weighted by Gasteiger charge is 2.38. The minimum Gasteiger partial charge on any atom is -0.414 e. The van der Waals surface area contributed by atoms with Crippen LogP contribution in [-0.2, 0) is 14.1 Å². The molecule has 0 aliphatic carbocycles. The molecule has 0 saturated heterocycles. The molecule has 0 aromatic heterocycles. The summed E-state index contributed by atoms with van der Waals surface area (Å²) in [5.41, 5.74) is 0. The lowest BCUT2D eigenvalue weighted by Crippen LogP contribution is -2.43. The quantitative estimate of drug-likeness (QED) is 0.461. The van der Waals surface area contributed by atoms with Gasteiger partial charge in [0.2, 0.25) is 0 Å². The Kier molecular flexibility index (Phi) is 4.96. The second-order valence-electron chi connectivity index (χ2n) is 5.36. The van der Waals surface area contributed by atoms with Crippen LogP contribution in [0.15, 0.2) is 0 Å². The molecule has 90 valence electrons. The molecule has 4 nitrogen and oxygen atoms in total. The molecule has 1 atom stereocenters. The first kappa shape index (κ1) is 14.6. The van der Waals surface area contributed by atoms with Crippen LogP contribution >= 0.6 is 0 Å². The minimum atomic E-state index is -1.84. The average molecular weight is 234 g/mol. The van der Waals surface area contributed by atoms with E-state index in [-0.39, 0.29) is 17.6 Å². The summed E-state index contributed by atoms with van der Waals surface area (Å²) in [5.74, 6) is -0.652. The van der Waals surface area contributed by atoms with E-state index in [4.69, 9.17) is 9.68 Å². The van der Waals surface area contributed by atoms with Crippen molar-refractivity contribution in [1.29, 1.82) is 0 Å². The highest BCUT2D eigenvalue weighted by atomic mass is 28.4. The number of carbonyl (C=O) groups excluding carboxylic acids is 1. The van der Waals surface area contributed by atoms with Gasteiger partial charge in [0.1, 0.15) is 0 Å². The molecule has 0 rings (SSSR count). The van der Waals surface area contributed by atoms with Gasteiger partial charge in [-0.25, -0.2) is 4.79 Å². The Morgan fingerprint density at radius 3 is 2.20 bits per heavy atom. The third-order valence-corrected chi connectivity index (χ3v) is 7.46. The van der Waals surface area contributed by atoms with E-state index in [0.717, 1.165) is 0 Å². The third kappa shape index (κ3) is 4.77. The Labute approximate surface area is 92.6 Å². The van der Waals surface area contributed by atoms with Gasteiger partial charge in [0.05, 0.1) is 12.5 Å². The van der Waals surface area contributed by atoms with Gasteiger partial charge in [0.25, 0.3) is 0 Å². The summed E-state index contributed by atoms with van der Waals surface area (Å²) in [7, 11) is -1.84. The molecule has 0 fully saturated rings. The lowest BCUT2D eigenvalue weighted by Gasteiger charge is -2.38. The highest BCUT2D eigenvalue weighted by Crippen LogP contribution is 2.37. The van der Waals surface area contributed by atoms with E-state index in [0.29, 0.717) is 0 Å². The summed E-state index contributed by atoms with van der Waals surface area (Å²) in [6.45, 7) is 12.5. The van der Waals surface area contributed by atoms with Crippen molar-refractivity contribution >= 4 is 14.3 Å². The molecular formula is C10H22O4Si. The summed E-state index contributed by atoms with van der Waals surface area (Å²) in [5, 5.41) is 8.26. The second-order valence-corrected chi connectivity index (χ2v) is 10.1. The highest BCUT2D eigenvalue weighted by molar-refractivity contribution is 6.74. The van der Waals surface area contributed by atoms with Crippen LogP contribution in [0.4, 0.5) is 0 Å². The van der Waals surface area contributed by atoms with E-state index in [1.54, 1.807) is 0 Å². The smallest absolute Gasteiger partial charge is 0.344 e. The third-order valence-electron chi connectivity index (χ3n) is 2.86. The number of hydrogen-bond donors (Lipinski definition) is 1. The Balaban J connectivity index is 4.28. The molecule has 0 spiro atoms. The van der Waals surface area contributed by atoms with Crippen LogP contribution < -0.4 is 0 Å². The van der Waals surface area contributed by atoms with Gasteiger partial charge in [-0.3, -0.25) is 0 Å². The first-order chi connectivity index (χ1) is 6.60. The molecule has 0 saturated carbocycles. The second kappa shape index (κ2) is 5.09. The largest absolute Gasteiger partial charge is 0.414 e. The summed E-state index contributed by atoms with van der Waals surface area (Å²) < 4.78 is 5.90. The van der Waals surface area contributed by atoms with Crippen molar-refractivity contribution in [3.8, 4) is 0 Å². The maximum Gasteiger partial charge on any atom is 0.344 e. The zero-order chi connectivity index (χ0) is 12.3. The molecule has 0 radical (unpaired) electrons. The van der Waals surface area contributed by atoms with Crippen LogP contribution in [0.5, 0.6) is 0 Å². The summed E-state index contributed by atoms with van der Waals surface area (Å²) >= 11 is 0. The summed E-state index contributed by atoms with van der Waals surface area (Å²) in [4.78, 5) is 14.4. The SMILES string of the molecule is CC(CC(=O)OO)O[Si](C)(C)C(C)(C)C. The lowest BCUT2D eigenvalue weighted by atomic mass is 10.2. The Morgan fingerprint density at radius 2 is 1.87 bits per heavy atom. The molecule has 0 aliphatic rings. The van der Waals surface area contributed by atoms with Gasteiger partial charge in [-0.2, -0.15) is 5.26 Å². The lowest BCUT2D eigenvalue weighted by molar-refractivity contribution is -0.235. The van der Waals surface area contributed by atoms with E-state index in [1.165, 1.54) is 0 Å². The Morgan fingerprint density at radius 1 is 1.40 bits per heavy atom. The predicted octanol–water partition coefficient (Wildman–Crippen LogP) is 2.80. The van der Waals surface area contributed by atoms with Crippen molar-refractivity contribution in [2.75, 3.05) is 0 Å². The molecular weight excluding hydrogens is 212 g/mol. The van der Waals surface area contributed by atoms with Crippen molar-refractivity contribution in [2.45, 2.75) is 58.4 Å². The Bertz CT molecular complexity index is 220. The molecule has 1 N–H and O–H groups in total. The first-order valence-electron chi connectivity index (χ1n) is 5.12. The van der Waals surface area contributed by atoms with E-state index in [9.17, 15) is 4.79 Å². The maximum atomic E-state index is 10.8.